The predicted molar refractivity (Wildman–Crippen MR) is 142 cm³/mol. The fraction of sp³-hybridized carbons (Fsp3) is 0.286. The van der Waals surface area contributed by atoms with Crippen molar-refractivity contribution in [3.05, 3.63) is 95.3 Å². The number of rotatable bonds is 10. The van der Waals surface area contributed by atoms with Gasteiger partial charge in [-0.3, -0.25) is 13.9 Å². The van der Waals surface area contributed by atoms with Gasteiger partial charge in [0.25, 0.3) is 10.0 Å². The predicted octanol–water partition coefficient (Wildman–Crippen LogP) is 4.19. The normalized spacial score (nSPS) is 12.0. The molecular formula is C28H32FN3O4S. The summed E-state index contributed by atoms with van der Waals surface area (Å²) in [6, 6.07) is 18.1. The number of hydrogen-bond acceptors (Lipinski definition) is 4. The van der Waals surface area contributed by atoms with E-state index in [1.54, 1.807) is 50.2 Å². The summed E-state index contributed by atoms with van der Waals surface area (Å²) in [5.74, 6) is -1.35. The molecule has 0 bridgehead atoms. The van der Waals surface area contributed by atoms with E-state index in [9.17, 15) is 22.4 Å². The SMILES string of the molecule is CCC(C(=O)NC)N(Cc1ccc(F)cc1)C(=O)CN(c1ccccc1C)S(=O)(=O)c1ccc(C)cc1. The molecule has 0 saturated heterocycles. The summed E-state index contributed by atoms with van der Waals surface area (Å²) >= 11 is 0. The van der Waals surface area contributed by atoms with Crippen LogP contribution < -0.4 is 9.62 Å². The van der Waals surface area contributed by atoms with Crippen molar-refractivity contribution >= 4 is 27.5 Å². The van der Waals surface area contributed by atoms with Crippen molar-refractivity contribution in [1.29, 1.82) is 0 Å². The molecule has 2 amide bonds. The molecule has 0 saturated carbocycles. The topological polar surface area (TPSA) is 86.8 Å². The van der Waals surface area contributed by atoms with E-state index in [4.69, 9.17) is 0 Å². The third kappa shape index (κ3) is 6.54. The van der Waals surface area contributed by atoms with Gasteiger partial charge in [0.1, 0.15) is 18.4 Å². The van der Waals surface area contributed by atoms with E-state index < -0.39 is 34.3 Å². The lowest BCUT2D eigenvalue weighted by atomic mass is 10.1. The van der Waals surface area contributed by atoms with Gasteiger partial charge in [-0.2, -0.15) is 0 Å². The zero-order valence-electron chi connectivity index (χ0n) is 21.4. The van der Waals surface area contributed by atoms with E-state index in [1.165, 1.54) is 48.3 Å². The average molecular weight is 526 g/mol. The maximum Gasteiger partial charge on any atom is 0.264 e. The molecule has 0 spiro atoms. The highest BCUT2D eigenvalue weighted by molar-refractivity contribution is 7.92. The molecule has 0 heterocycles. The number of sulfonamides is 1. The van der Waals surface area contributed by atoms with Crippen LogP contribution in [0.1, 0.15) is 30.0 Å². The van der Waals surface area contributed by atoms with Gasteiger partial charge in [-0.25, -0.2) is 12.8 Å². The zero-order valence-corrected chi connectivity index (χ0v) is 22.3. The highest BCUT2D eigenvalue weighted by Crippen LogP contribution is 2.27. The number of anilines is 1. The molecule has 0 aromatic heterocycles. The van der Waals surface area contributed by atoms with Crippen LogP contribution in [0.3, 0.4) is 0 Å². The number of nitrogens with zero attached hydrogens (tertiary/aromatic N) is 2. The van der Waals surface area contributed by atoms with Crippen LogP contribution in [-0.2, 0) is 26.2 Å². The lowest BCUT2D eigenvalue weighted by Gasteiger charge is -2.33. The Morgan fingerprint density at radius 3 is 2.14 bits per heavy atom. The Labute approximate surface area is 218 Å². The standard InChI is InChI=1S/C28H32FN3O4S/c1-5-25(28(34)30-4)31(18-22-12-14-23(29)15-13-22)27(33)19-32(26-9-7-6-8-21(26)3)37(35,36)24-16-10-20(2)11-17-24/h6-17,25H,5,18-19H2,1-4H3,(H,30,34). The van der Waals surface area contributed by atoms with E-state index in [0.29, 0.717) is 23.2 Å². The van der Waals surface area contributed by atoms with Crippen molar-refractivity contribution in [3.63, 3.8) is 0 Å². The maximum absolute atomic E-state index is 13.8. The third-order valence-electron chi connectivity index (χ3n) is 6.17. The summed E-state index contributed by atoms with van der Waals surface area (Å²) in [5.41, 5.74) is 2.56. The fourth-order valence-corrected chi connectivity index (χ4v) is 5.55. The van der Waals surface area contributed by atoms with Crippen molar-refractivity contribution in [2.24, 2.45) is 0 Å². The quantitative estimate of drug-likeness (QED) is 0.430. The summed E-state index contributed by atoms with van der Waals surface area (Å²) in [6.45, 7) is 4.89. The first-order chi connectivity index (χ1) is 17.6. The summed E-state index contributed by atoms with van der Waals surface area (Å²) in [7, 11) is -2.64. The van der Waals surface area contributed by atoms with Crippen LogP contribution in [0.4, 0.5) is 10.1 Å². The lowest BCUT2D eigenvalue weighted by molar-refractivity contribution is -0.140. The van der Waals surface area contributed by atoms with Crippen LogP contribution >= 0.6 is 0 Å². The van der Waals surface area contributed by atoms with Gasteiger partial charge in [0.15, 0.2) is 0 Å². The fourth-order valence-electron chi connectivity index (χ4n) is 4.07. The largest absolute Gasteiger partial charge is 0.357 e. The Morgan fingerprint density at radius 2 is 1.57 bits per heavy atom. The molecule has 3 aromatic rings. The molecule has 0 radical (unpaired) electrons. The summed E-state index contributed by atoms with van der Waals surface area (Å²) in [6.07, 6.45) is 0.307. The molecule has 9 heteroatoms. The molecule has 196 valence electrons. The molecule has 0 aliphatic carbocycles. The monoisotopic (exact) mass is 525 g/mol. The first-order valence-electron chi connectivity index (χ1n) is 12.0. The van der Waals surface area contributed by atoms with E-state index in [0.717, 1.165) is 9.87 Å². The van der Waals surface area contributed by atoms with E-state index in [1.807, 2.05) is 6.92 Å². The van der Waals surface area contributed by atoms with Crippen LogP contribution in [0.15, 0.2) is 77.7 Å². The molecule has 1 atom stereocenters. The van der Waals surface area contributed by atoms with Crippen LogP contribution in [0, 0.1) is 19.7 Å². The number of benzene rings is 3. The van der Waals surface area contributed by atoms with Crippen molar-refractivity contribution in [3.8, 4) is 0 Å². The molecule has 3 aromatic carbocycles. The number of nitrogens with one attached hydrogen (secondary N) is 1. The number of hydrogen-bond donors (Lipinski definition) is 1. The van der Waals surface area contributed by atoms with Gasteiger partial charge in [0.05, 0.1) is 10.6 Å². The molecule has 37 heavy (non-hydrogen) atoms. The minimum Gasteiger partial charge on any atom is -0.357 e. The van der Waals surface area contributed by atoms with Gasteiger partial charge in [-0.05, 0) is 61.7 Å². The molecule has 0 fully saturated rings. The molecule has 0 aliphatic heterocycles. The van der Waals surface area contributed by atoms with Crippen molar-refractivity contribution in [2.75, 3.05) is 17.9 Å². The number of carbonyl (C=O) groups is 2. The number of para-hydroxylation sites is 1. The highest BCUT2D eigenvalue weighted by atomic mass is 32.2. The second-order valence-electron chi connectivity index (χ2n) is 8.80. The lowest BCUT2D eigenvalue weighted by Crippen LogP contribution is -2.51. The van der Waals surface area contributed by atoms with E-state index in [-0.39, 0.29) is 17.3 Å². The number of aryl methyl sites for hydroxylation is 2. The summed E-state index contributed by atoms with van der Waals surface area (Å²) < 4.78 is 42.2. The molecule has 1 N–H and O–H groups in total. The number of carbonyl (C=O) groups excluding carboxylic acids is 2. The number of halogens is 1. The molecular weight excluding hydrogens is 493 g/mol. The van der Waals surface area contributed by atoms with Crippen molar-refractivity contribution in [1.82, 2.24) is 10.2 Å². The van der Waals surface area contributed by atoms with Gasteiger partial charge in [-0.1, -0.05) is 55.0 Å². The average Bonchev–Trinajstić information content (AvgIpc) is 2.88. The minimum absolute atomic E-state index is 0.0111. The first-order valence-corrected chi connectivity index (χ1v) is 13.4. The van der Waals surface area contributed by atoms with Gasteiger partial charge in [-0.15, -0.1) is 0 Å². The van der Waals surface area contributed by atoms with E-state index >= 15 is 0 Å². The van der Waals surface area contributed by atoms with Crippen LogP contribution in [-0.4, -0.2) is 44.8 Å². The van der Waals surface area contributed by atoms with Gasteiger partial charge >= 0.3 is 0 Å². The van der Waals surface area contributed by atoms with Crippen LogP contribution in [0.5, 0.6) is 0 Å². The number of amides is 2. The van der Waals surface area contributed by atoms with Crippen molar-refractivity contribution < 1.29 is 22.4 Å². The van der Waals surface area contributed by atoms with Crippen molar-refractivity contribution in [2.45, 2.75) is 44.7 Å². The van der Waals surface area contributed by atoms with Gasteiger partial charge in [0.2, 0.25) is 11.8 Å². The second-order valence-corrected chi connectivity index (χ2v) is 10.7. The Bertz CT molecular complexity index is 1340. The minimum atomic E-state index is -4.12. The molecule has 7 nitrogen and oxygen atoms in total. The maximum atomic E-state index is 13.8. The van der Waals surface area contributed by atoms with Gasteiger partial charge < -0.3 is 10.2 Å². The first kappa shape index (κ1) is 27.9. The summed E-state index contributed by atoms with van der Waals surface area (Å²) in [4.78, 5) is 27.9. The Balaban J connectivity index is 2.06. The third-order valence-corrected chi connectivity index (χ3v) is 7.94. The molecule has 1 unspecified atom stereocenters. The Morgan fingerprint density at radius 1 is 0.946 bits per heavy atom. The second kappa shape index (κ2) is 12.0. The smallest absolute Gasteiger partial charge is 0.264 e. The molecule has 3 rings (SSSR count). The zero-order chi connectivity index (χ0) is 27.2. The van der Waals surface area contributed by atoms with Crippen LogP contribution in [0.2, 0.25) is 0 Å². The number of likely N-dealkylation sites (N-methyl/N-ethyl adjacent to an activating group) is 1. The highest BCUT2D eigenvalue weighted by Gasteiger charge is 2.33. The summed E-state index contributed by atoms with van der Waals surface area (Å²) in [5, 5.41) is 2.58. The Kier molecular flexibility index (Phi) is 9.04. The van der Waals surface area contributed by atoms with E-state index in [2.05, 4.69) is 5.32 Å². The Hall–Kier alpha value is -3.72. The molecule has 0 aliphatic rings. The van der Waals surface area contributed by atoms with Crippen LogP contribution in [0.25, 0.3) is 0 Å². The van der Waals surface area contributed by atoms with Gasteiger partial charge in [0, 0.05) is 13.6 Å².